The molecule has 1 amide bonds. The van der Waals surface area contributed by atoms with Gasteiger partial charge in [-0.05, 0) is 25.1 Å². The number of methoxy groups -OCH3 is 2. The van der Waals surface area contributed by atoms with Gasteiger partial charge in [0.25, 0.3) is 5.91 Å². The summed E-state index contributed by atoms with van der Waals surface area (Å²) >= 11 is 11.8. The summed E-state index contributed by atoms with van der Waals surface area (Å²) in [5, 5.41) is 3.51. The summed E-state index contributed by atoms with van der Waals surface area (Å²) in [6, 6.07) is 4.80. The van der Waals surface area contributed by atoms with Gasteiger partial charge >= 0.3 is 0 Å². The van der Waals surface area contributed by atoms with Crippen LogP contribution in [-0.2, 0) is 14.3 Å². The summed E-state index contributed by atoms with van der Waals surface area (Å²) in [5.74, 6) is 0.101. The van der Waals surface area contributed by atoms with E-state index in [1.54, 1.807) is 25.1 Å². The van der Waals surface area contributed by atoms with Crippen molar-refractivity contribution in [1.29, 1.82) is 0 Å². The van der Waals surface area contributed by atoms with Gasteiger partial charge in [-0.3, -0.25) is 4.79 Å². The van der Waals surface area contributed by atoms with E-state index < -0.39 is 12.4 Å². The molecule has 1 rings (SSSR count). The van der Waals surface area contributed by atoms with Crippen molar-refractivity contribution >= 4 is 29.1 Å². The second-order valence-corrected chi connectivity index (χ2v) is 4.82. The third-order valence-corrected chi connectivity index (χ3v) is 3.07. The second-order valence-electron chi connectivity index (χ2n) is 3.98. The lowest BCUT2D eigenvalue weighted by Gasteiger charge is -2.18. The molecule has 5 nitrogen and oxygen atoms in total. The van der Waals surface area contributed by atoms with Crippen LogP contribution in [0.3, 0.4) is 0 Å². The Morgan fingerprint density at radius 3 is 2.50 bits per heavy atom. The monoisotopic (exact) mass is 321 g/mol. The number of hydrogen-bond donors (Lipinski definition) is 1. The molecule has 0 bridgehead atoms. The Labute approximate surface area is 128 Å². The zero-order valence-electron chi connectivity index (χ0n) is 11.5. The number of amides is 1. The van der Waals surface area contributed by atoms with E-state index in [2.05, 4.69) is 5.32 Å². The summed E-state index contributed by atoms with van der Waals surface area (Å²) < 4.78 is 15.4. The number of carbonyl (C=O) groups excluding carboxylic acids is 1. The molecule has 0 saturated heterocycles. The molecule has 1 aromatic rings. The molecule has 0 spiro atoms. The van der Waals surface area contributed by atoms with Crippen LogP contribution in [-0.4, -0.2) is 39.1 Å². The Morgan fingerprint density at radius 1 is 1.30 bits per heavy atom. The van der Waals surface area contributed by atoms with Gasteiger partial charge in [-0.1, -0.05) is 23.2 Å². The number of nitrogens with one attached hydrogen (secondary N) is 1. The molecule has 0 aromatic heterocycles. The highest BCUT2D eigenvalue weighted by Gasteiger charge is 2.17. The van der Waals surface area contributed by atoms with E-state index in [0.29, 0.717) is 15.8 Å². The van der Waals surface area contributed by atoms with Gasteiger partial charge in [0.2, 0.25) is 0 Å². The molecule has 0 aliphatic carbocycles. The molecule has 7 heteroatoms. The number of benzene rings is 1. The molecular formula is C13H17Cl2NO4. The standard InChI is InChI=1S/C13H17Cl2NO4/c1-8(13(17)16-7-12(18-2)19-3)20-11-5-4-9(14)6-10(11)15/h4-6,8,12H,7H2,1-3H3,(H,16,17). The van der Waals surface area contributed by atoms with Gasteiger partial charge in [0, 0.05) is 19.2 Å². The van der Waals surface area contributed by atoms with Crippen molar-refractivity contribution in [2.24, 2.45) is 0 Å². The summed E-state index contributed by atoms with van der Waals surface area (Å²) in [4.78, 5) is 11.8. The molecule has 0 radical (unpaired) electrons. The molecule has 1 unspecified atom stereocenters. The van der Waals surface area contributed by atoms with E-state index in [-0.39, 0.29) is 12.5 Å². The molecule has 0 aliphatic heterocycles. The number of halogens is 2. The average Bonchev–Trinajstić information content (AvgIpc) is 2.42. The quantitative estimate of drug-likeness (QED) is 0.784. The van der Waals surface area contributed by atoms with Crippen molar-refractivity contribution in [3.8, 4) is 5.75 Å². The largest absolute Gasteiger partial charge is 0.479 e. The van der Waals surface area contributed by atoms with Crippen LogP contribution in [0.2, 0.25) is 10.0 Å². The maximum Gasteiger partial charge on any atom is 0.260 e. The minimum absolute atomic E-state index is 0.230. The van der Waals surface area contributed by atoms with Gasteiger partial charge in [0.05, 0.1) is 11.6 Å². The minimum atomic E-state index is -0.706. The highest BCUT2D eigenvalue weighted by Crippen LogP contribution is 2.28. The topological polar surface area (TPSA) is 56.8 Å². The SMILES string of the molecule is COC(CNC(=O)C(C)Oc1ccc(Cl)cc1Cl)OC. The van der Waals surface area contributed by atoms with Gasteiger partial charge in [-0.2, -0.15) is 0 Å². The van der Waals surface area contributed by atoms with Crippen LogP contribution in [0.5, 0.6) is 5.75 Å². The van der Waals surface area contributed by atoms with Gasteiger partial charge in [-0.25, -0.2) is 0 Å². The summed E-state index contributed by atoms with van der Waals surface area (Å²) in [7, 11) is 2.99. The molecule has 112 valence electrons. The smallest absolute Gasteiger partial charge is 0.260 e. The first kappa shape index (κ1) is 17.0. The van der Waals surface area contributed by atoms with Crippen molar-refractivity contribution in [2.75, 3.05) is 20.8 Å². The Kier molecular flexibility index (Phi) is 7.09. The summed E-state index contributed by atoms with van der Waals surface area (Å²) in [5.41, 5.74) is 0. The fourth-order valence-electron chi connectivity index (χ4n) is 1.41. The van der Waals surface area contributed by atoms with Gasteiger partial charge < -0.3 is 19.5 Å². The zero-order valence-corrected chi connectivity index (χ0v) is 13.0. The molecule has 1 aromatic carbocycles. The normalized spacial score (nSPS) is 12.3. The van der Waals surface area contributed by atoms with E-state index in [1.807, 2.05) is 0 Å². The first-order valence-electron chi connectivity index (χ1n) is 5.93. The van der Waals surface area contributed by atoms with Crippen molar-refractivity contribution in [2.45, 2.75) is 19.3 Å². The lowest BCUT2D eigenvalue weighted by molar-refractivity contribution is -0.132. The maximum atomic E-state index is 11.8. The molecular weight excluding hydrogens is 305 g/mol. The maximum absolute atomic E-state index is 11.8. The Bertz CT molecular complexity index is 452. The van der Waals surface area contributed by atoms with Crippen LogP contribution in [0.1, 0.15) is 6.92 Å². The second kappa shape index (κ2) is 8.32. The Morgan fingerprint density at radius 2 is 1.95 bits per heavy atom. The zero-order chi connectivity index (χ0) is 15.1. The number of rotatable bonds is 7. The van der Waals surface area contributed by atoms with Gasteiger partial charge in [0.15, 0.2) is 12.4 Å². The Balaban J connectivity index is 2.53. The van der Waals surface area contributed by atoms with E-state index in [4.69, 9.17) is 37.4 Å². The van der Waals surface area contributed by atoms with Crippen LogP contribution in [0, 0.1) is 0 Å². The van der Waals surface area contributed by atoms with E-state index >= 15 is 0 Å². The highest BCUT2D eigenvalue weighted by molar-refractivity contribution is 6.35. The fraction of sp³-hybridized carbons (Fsp3) is 0.462. The molecule has 1 atom stereocenters. The third-order valence-electron chi connectivity index (χ3n) is 2.54. The summed E-state index contributed by atoms with van der Waals surface area (Å²) in [6.07, 6.45) is -1.20. The van der Waals surface area contributed by atoms with Crippen LogP contribution >= 0.6 is 23.2 Å². The number of ether oxygens (including phenoxy) is 3. The van der Waals surface area contributed by atoms with Gasteiger partial charge in [0.1, 0.15) is 5.75 Å². The van der Waals surface area contributed by atoms with Crippen molar-refractivity contribution < 1.29 is 19.0 Å². The molecule has 0 aliphatic rings. The fourth-order valence-corrected chi connectivity index (χ4v) is 1.86. The van der Waals surface area contributed by atoms with E-state index in [1.165, 1.54) is 14.2 Å². The lowest BCUT2D eigenvalue weighted by Crippen LogP contribution is -2.41. The molecule has 0 heterocycles. The molecule has 20 heavy (non-hydrogen) atoms. The number of hydrogen-bond acceptors (Lipinski definition) is 4. The first-order valence-corrected chi connectivity index (χ1v) is 6.68. The molecule has 1 N–H and O–H groups in total. The van der Waals surface area contributed by atoms with Crippen molar-refractivity contribution in [3.63, 3.8) is 0 Å². The van der Waals surface area contributed by atoms with E-state index in [0.717, 1.165) is 0 Å². The Hall–Kier alpha value is -1.01. The van der Waals surface area contributed by atoms with E-state index in [9.17, 15) is 4.79 Å². The minimum Gasteiger partial charge on any atom is -0.479 e. The predicted molar refractivity (Wildman–Crippen MR) is 77.4 cm³/mol. The van der Waals surface area contributed by atoms with Gasteiger partial charge in [-0.15, -0.1) is 0 Å². The molecule has 0 fully saturated rings. The van der Waals surface area contributed by atoms with Crippen LogP contribution in [0.15, 0.2) is 18.2 Å². The van der Waals surface area contributed by atoms with Crippen LogP contribution < -0.4 is 10.1 Å². The van der Waals surface area contributed by atoms with Crippen LogP contribution in [0.4, 0.5) is 0 Å². The number of carbonyl (C=O) groups is 1. The summed E-state index contributed by atoms with van der Waals surface area (Å²) in [6.45, 7) is 1.85. The van der Waals surface area contributed by atoms with Crippen LogP contribution in [0.25, 0.3) is 0 Å². The average molecular weight is 322 g/mol. The van der Waals surface area contributed by atoms with Crippen molar-refractivity contribution in [3.05, 3.63) is 28.2 Å². The predicted octanol–water partition coefficient (Wildman–Crippen LogP) is 2.50. The first-order chi connectivity index (χ1) is 9.47. The lowest BCUT2D eigenvalue weighted by atomic mass is 10.3. The van der Waals surface area contributed by atoms with Crippen molar-refractivity contribution in [1.82, 2.24) is 5.32 Å². The third kappa shape index (κ3) is 5.17. The highest BCUT2D eigenvalue weighted by atomic mass is 35.5. The molecule has 0 saturated carbocycles.